The van der Waals surface area contributed by atoms with Gasteiger partial charge in [0.05, 0.1) is 26.4 Å². The third-order valence-electron chi connectivity index (χ3n) is 4.71. The Kier molecular flexibility index (Phi) is 6.68. The average Bonchev–Trinajstić information content (AvgIpc) is 2.71. The van der Waals surface area contributed by atoms with Crippen LogP contribution in [0, 0.1) is 5.92 Å². The summed E-state index contributed by atoms with van der Waals surface area (Å²) in [6, 6.07) is 16.9. The predicted molar refractivity (Wildman–Crippen MR) is 99.6 cm³/mol. The van der Waals surface area contributed by atoms with Crippen LogP contribution in [0.15, 0.2) is 54.6 Å². The van der Waals surface area contributed by atoms with Crippen LogP contribution in [-0.4, -0.2) is 48.5 Å². The molecule has 2 aromatic rings. The molecule has 0 aromatic heterocycles. The van der Waals surface area contributed by atoms with E-state index in [0.717, 1.165) is 11.3 Å². The van der Waals surface area contributed by atoms with E-state index in [1.807, 2.05) is 30.3 Å². The smallest absolute Gasteiger partial charge is 0.205 e. The zero-order chi connectivity index (χ0) is 19.2. The summed E-state index contributed by atoms with van der Waals surface area (Å²) in [6.07, 6.45) is -3.37. The lowest BCUT2D eigenvalue weighted by Gasteiger charge is -2.41. The van der Waals surface area contributed by atoms with E-state index in [-0.39, 0.29) is 6.61 Å². The molecule has 1 saturated heterocycles. The lowest BCUT2D eigenvalue weighted by molar-refractivity contribution is -0.260. The first-order valence-electron chi connectivity index (χ1n) is 9.02. The highest BCUT2D eigenvalue weighted by Crippen LogP contribution is 2.29. The number of rotatable bonds is 7. The summed E-state index contributed by atoms with van der Waals surface area (Å²) in [4.78, 5) is 0. The van der Waals surface area contributed by atoms with Crippen molar-refractivity contribution in [2.75, 3.05) is 13.7 Å². The van der Waals surface area contributed by atoms with Gasteiger partial charge in [0.25, 0.3) is 0 Å². The summed E-state index contributed by atoms with van der Waals surface area (Å²) in [7, 11) is 1.60. The third kappa shape index (κ3) is 4.99. The molecule has 0 bridgehead atoms. The van der Waals surface area contributed by atoms with Crippen molar-refractivity contribution in [3.05, 3.63) is 60.2 Å². The van der Waals surface area contributed by atoms with E-state index in [0.29, 0.717) is 12.4 Å². The largest absolute Gasteiger partial charge is 0.497 e. The van der Waals surface area contributed by atoms with Crippen molar-refractivity contribution < 1.29 is 29.2 Å². The van der Waals surface area contributed by atoms with Gasteiger partial charge >= 0.3 is 0 Å². The maximum Gasteiger partial charge on any atom is 0.205 e. The maximum atomic E-state index is 10.4. The van der Waals surface area contributed by atoms with E-state index in [4.69, 9.17) is 18.9 Å². The van der Waals surface area contributed by atoms with Crippen molar-refractivity contribution >= 4 is 0 Å². The van der Waals surface area contributed by atoms with Gasteiger partial charge in [-0.15, -0.1) is 0 Å². The molecule has 0 aliphatic carbocycles. The quantitative estimate of drug-likeness (QED) is 0.775. The Morgan fingerprint density at radius 3 is 2.26 bits per heavy atom. The molecule has 5 atom stereocenters. The van der Waals surface area contributed by atoms with Crippen molar-refractivity contribution in [2.24, 2.45) is 5.92 Å². The predicted octanol–water partition coefficient (Wildman–Crippen LogP) is 2.37. The van der Waals surface area contributed by atoms with E-state index >= 15 is 0 Å². The first kappa shape index (κ1) is 19.6. The summed E-state index contributed by atoms with van der Waals surface area (Å²) in [5, 5.41) is 20.7. The van der Waals surface area contributed by atoms with Crippen LogP contribution in [0.1, 0.15) is 12.5 Å². The molecule has 1 aliphatic heterocycles. The van der Waals surface area contributed by atoms with Crippen molar-refractivity contribution in [2.45, 2.75) is 38.1 Å². The van der Waals surface area contributed by atoms with Gasteiger partial charge < -0.3 is 29.2 Å². The molecule has 2 N–H and O–H groups in total. The van der Waals surface area contributed by atoms with Crippen molar-refractivity contribution in [3.63, 3.8) is 0 Å². The molecule has 1 heterocycles. The van der Waals surface area contributed by atoms with Gasteiger partial charge in [-0.1, -0.05) is 37.3 Å². The minimum Gasteiger partial charge on any atom is -0.497 e. The first-order chi connectivity index (χ1) is 13.1. The minimum atomic E-state index is -1.04. The standard InChI is InChI=1S/C21H26O6/c1-14-19(22)20(23)18(13-25-12-15-6-4-3-5-7-15)27-21(14)26-17-10-8-16(24-2)9-11-17/h3-11,14,18-23H,12-13H2,1-2H3. The van der Waals surface area contributed by atoms with Gasteiger partial charge in [0, 0.05) is 5.92 Å². The molecule has 1 aliphatic rings. The number of aliphatic hydroxyl groups is 2. The summed E-state index contributed by atoms with van der Waals surface area (Å²) in [6.45, 7) is 2.34. The zero-order valence-electron chi connectivity index (χ0n) is 15.5. The fourth-order valence-electron chi connectivity index (χ4n) is 3.00. The van der Waals surface area contributed by atoms with Crippen molar-refractivity contribution in [1.29, 1.82) is 0 Å². The fourth-order valence-corrected chi connectivity index (χ4v) is 3.00. The molecule has 146 valence electrons. The summed E-state index contributed by atoms with van der Waals surface area (Å²) < 4.78 is 22.6. The van der Waals surface area contributed by atoms with Crippen LogP contribution < -0.4 is 9.47 Å². The van der Waals surface area contributed by atoms with E-state index < -0.39 is 30.5 Å². The number of ether oxygens (including phenoxy) is 4. The van der Waals surface area contributed by atoms with E-state index in [1.54, 1.807) is 38.3 Å². The van der Waals surface area contributed by atoms with Crippen LogP contribution in [0.4, 0.5) is 0 Å². The molecule has 3 rings (SSSR count). The molecule has 0 amide bonds. The van der Waals surface area contributed by atoms with Gasteiger partial charge in [0.2, 0.25) is 6.29 Å². The minimum absolute atomic E-state index is 0.155. The van der Waals surface area contributed by atoms with Gasteiger partial charge in [-0.3, -0.25) is 0 Å². The van der Waals surface area contributed by atoms with E-state index in [9.17, 15) is 10.2 Å². The lowest BCUT2D eigenvalue weighted by atomic mass is 9.92. The highest BCUT2D eigenvalue weighted by Gasteiger charge is 2.43. The normalized spacial score (nSPS) is 27.9. The second kappa shape index (κ2) is 9.19. The number of hydrogen-bond donors (Lipinski definition) is 2. The van der Waals surface area contributed by atoms with Crippen LogP contribution in [0.25, 0.3) is 0 Å². The molecule has 1 fully saturated rings. The topological polar surface area (TPSA) is 77.4 Å². The van der Waals surface area contributed by atoms with Gasteiger partial charge in [-0.25, -0.2) is 0 Å². The van der Waals surface area contributed by atoms with Gasteiger partial charge in [0.1, 0.15) is 23.7 Å². The molecule has 0 saturated carbocycles. The molecular formula is C21H26O6. The molecule has 5 unspecified atom stereocenters. The molecule has 2 aromatic carbocycles. The Morgan fingerprint density at radius 2 is 1.59 bits per heavy atom. The van der Waals surface area contributed by atoms with E-state index in [2.05, 4.69) is 0 Å². The van der Waals surface area contributed by atoms with Crippen LogP contribution >= 0.6 is 0 Å². The number of benzene rings is 2. The maximum absolute atomic E-state index is 10.4. The molecule has 27 heavy (non-hydrogen) atoms. The van der Waals surface area contributed by atoms with Gasteiger partial charge in [0.15, 0.2) is 0 Å². The highest BCUT2D eigenvalue weighted by molar-refractivity contribution is 5.31. The Bertz CT molecular complexity index is 690. The Labute approximate surface area is 159 Å². The van der Waals surface area contributed by atoms with Crippen LogP contribution in [0.5, 0.6) is 11.5 Å². The Hall–Kier alpha value is -2.12. The lowest BCUT2D eigenvalue weighted by Crippen LogP contribution is -2.56. The average molecular weight is 374 g/mol. The monoisotopic (exact) mass is 374 g/mol. The Balaban J connectivity index is 1.59. The summed E-state index contributed by atoms with van der Waals surface area (Å²) >= 11 is 0. The Morgan fingerprint density at radius 1 is 0.926 bits per heavy atom. The first-order valence-corrected chi connectivity index (χ1v) is 9.02. The number of methoxy groups -OCH3 is 1. The second-order valence-electron chi connectivity index (χ2n) is 6.68. The van der Waals surface area contributed by atoms with Crippen LogP contribution in [-0.2, 0) is 16.1 Å². The molecular weight excluding hydrogens is 348 g/mol. The van der Waals surface area contributed by atoms with Crippen LogP contribution in [0.3, 0.4) is 0 Å². The molecule has 6 heteroatoms. The molecule has 0 spiro atoms. The fraction of sp³-hybridized carbons (Fsp3) is 0.429. The van der Waals surface area contributed by atoms with E-state index in [1.165, 1.54) is 0 Å². The summed E-state index contributed by atoms with van der Waals surface area (Å²) in [5.41, 5.74) is 1.03. The van der Waals surface area contributed by atoms with Crippen molar-refractivity contribution in [1.82, 2.24) is 0 Å². The highest BCUT2D eigenvalue weighted by atomic mass is 16.7. The molecule has 0 radical (unpaired) electrons. The van der Waals surface area contributed by atoms with Crippen LogP contribution in [0.2, 0.25) is 0 Å². The summed E-state index contributed by atoms with van der Waals surface area (Å²) in [5.74, 6) is 0.926. The van der Waals surface area contributed by atoms with Gasteiger partial charge in [-0.2, -0.15) is 0 Å². The molecule has 6 nitrogen and oxygen atoms in total. The third-order valence-corrected chi connectivity index (χ3v) is 4.71. The number of aliphatic hydroxyl groups excluding tert-OH is 2. The second-order valence-corrected chi connectivity index (χ2v) is 6.68. The number of hydrogen-bond acceptors (Lipinski definition) is 6. The SMILES string of the molecule is COc1ccc(OC2OC(COCc3ccccc3)C(O)C(O)C2C)cc1. The zero-order valence-corrected chi connectivity index (χ0v) is 15.5. The van der Waals surface area contributed by atoms with Gasteiger partial charge in [-0.05, 0) is 29.8 Å². The van der Waals surface area contributed by atoms with Crippen molar-refractivity contribution in [3.8, 4) is 11.5 Å².